The summed E-state index contributed by atoms with van der Waals surface area (Å²) in [6.07, 6.45) is 0. The molecular formula is C17H17N3. The van der Waals surface area contributed by atoms with Gasteiger partial charge in [0.15, 0.2) is 0 Å². The van der Waals surface area contributed by atoms with E-state index in [1.807, 2.05) is 36.4 Å². The standard InChI is InChI=1S/C17H17N3/c1-13-4-6-14(7-5-13)3-2-12-20-16-10-8-15(9-11-16)17(18)19/h4-11,20H,12H2,1H3,(H3,18,19). The Labute approximate surface area is 119 Å². The first-order valence-electron chi connectivity index (χ1n) is 6.39. The van der Waals surface area contributed by atoms with E-state index in [9.17, 15) is 0 Å². The highest BCUT2D eigenvalue weighted by molar-refractivity contribution is 5.95. The van der Waals surface area contributed by atoms with E-state index < -0.39 is 0 Å². The highest BCUT2D eigenvalue weighted by atomic mass is 14.8. The van der Waals surface area contributed by atoms with Crippen LogP contribution in [-0.4, -0.2) is 12.4 Å². The molecule has 0 heterocycles. The van der Waals surface area contributed by atoms with Crippen LogP contribution in [0.15, 0.2) is 48.5 Å². The highest BCUT2D eigenvalue weighted by Crippen LogP contribution is 2.08. The number of benzene rings is 2. The fourth-order valence-electron chi connectivity index (χ4n) is 1.70. The van der Waals surface area contributed by atoms with Gasteiger partial charge in [-0.05, 0) is 43.3 Å². The molecule has 4 N–H and O–H groups in total. The van der Waals surface area contributed by atoms with Gasteiger partial charge in [-0.3, -0.25) is 5.41 Å². The molecule has 0 bridgehead atoms. The molecule has 0 saturated heterocycles. The molecule has 2 aromatic rings. The van der Waals surface area contributed by atoms with Crippen molar-refractivity contribution in [2.75, 3.05) is 11.9 Å². The van der Waals surface area contributed by atoms with Crippen LogP contribution in [0.3, 0.4) is 0 Å². The summed E-state index contributed by atoms with van der Waals surface area (Å²) in [6, 6.07) is 15.6. The van der Waals surface area contributed by atoms with Crippen molar-refractivity contribution in [3.05, 3.63) is 65.2 Å². The van der Waals surface area contributed by atoms with Crippen LogP contribution in [-0.2, 0) is 0 Å². The zero-order chi connectivity index (χ0) is 14.4. The fraction of sp³-hybridized carbons (Fsp3) is 0.118. The van der Waals surface area contributed by atoms with Crippen molar-refractivity contribution in [2.24, 2.45) is 5.73 Å². The quantitative estimate of drug-likeness (QED) is 0.453. The average Bonchev–Trinajstić information content (AvgIpc) is 2.46. The number of aryl methyl sites for hydroxylation is 1. The van der Waals surface area contributed by atoms with Crippen molar-refractivity contribution < 1.29 is 0 Å². The molecule has 0 spiro atoms. The Hall–Kier alpha value is -2.73. The third kappa shape index (κ3) is 3.89. The summed E-state index contributed by atoms with van der Waals surface area (Å²) >= 11 is 0. The largest absolute Gasteiger partial charge is 0.384 e. The Morgan fingerprint density at radius 1 is 1.10 bits per heavy atom. The topological polar surface area (TPSA) is 61.9 Å². The van der Waals surface area contributed by atoms with E-state index in [2.05, 4.69) is 36.2 Å². The van der Waals surface area contributed by atoms with Crippen LogP contribution in [0.4, 0.5) is 5.69 Å². The number of nitrogens with two attached hydrogens (primary N) is 1. The Bertz CT molecular complexity index is 643. The van der Waals surface area contributed by atoms with Gasteiger partial charge in [0.25, 0.3) is 0 Å². The van der Waals surface area contributed by atoms with Gasteiger partial charge >= 0.3 is 0 Å². The van der Waals surface area contributed by atoms with Crippen LogP contribution in [0.2, 0.25) is 0 Å². The summed E-state index contributed by atoms with van der Waals surface area (Å²) < 4.78 is 0. The van der Waals surface area contributed by atoms with Gasteiger partial charge in [0, 0.05) is 16.8 Å². The zero-order valence-electron chi connectivity index (χ0n) is 11.4. The van der Waals surface area contributed by atoms with E-state index in [1.54, 1.807) is 0 Å². The van der Waals surface area contributed by atoms with Crippen LogP contribution < -0.4 is 11.1 Å². The van der Waals surface area contributed by atoms with E-state index in [-0.39, 0.29) is 5.84 Å². The number of hydrogen-bond acceptors (Lipinski definition) is 2. The molecule has 0 fully saturated rings. The maximum absolute atomic E-state index is 7.32. The summed E-state index contributed by atoms with van der Waals surface area (Å²) in [5.41, 5.74) is 9.34. The number of rotatable bonds is 3. The van der Waals surface area contributed by atoms with E-state index in [0.29, 0.717) is 6.54 Å². The molecular weight excluding hydrogens is 246 g/mol. The van der Waals surface area contributed by atoms with Crippen LogP contribution in [0.1, 0.15) is 16.7 Å². The predicted octanol–water partition coefficient (Wildman–Crippen LogP) is 2.74. The zero-order valence-corrected chi connectivity index (χ0v) is 11.4. The molecule has 0 atom stereocenters. The average molecular weight is 263 g/mol. The Morgan fingerprint density at radius 2 is 1.75 bits per heavy atom. The maximum atomic E-state index is 7.32. The minimum Gasteiger partial charge on any atom is -0.384 e. The van der Waals surface area contributed by atoms with Gasteiger partial charge in [-0.15, -0.1) is 0 Å². The van der Waals surface area contributed by atoms with Crippen LogP contribution in [0, 0.1) is 24.2 Å². The van der Waals surface area contributed by atoms with Crippen molar-refractivity contribution in [2.45, 2.75) is 6.92 Å². The molecule has 20 heavy (non-hydrogen) atoms. The van der Waals surface area contributed by atoms with Gasteiger partial charge in [-0.1, -0.05) is 29.5 Å². The number of anilines is 1. The summed E-state index contributed by atoms with van der Waals surface area (Å²) in [5, 5.41) is 10.5. The summed E-state index contributed by atoms with van der Waals surface area (Å²) in [5.74, 6) is 6.26. The third-order valence-electron chi connectivity index (χ3n) is 2.86. The molecule has 2 aromatic carbocycles. The van der Waals surface area contributed by atoms with Crippen molar-refractivity contribution in [3.8, 4) is 11.8 Å². The lowest BCUT2D eigenvalue weighted by Crippen LogP contribution is -2.10. The number of amidine groups is 1. The molecule has 0 saturated carbocycles. The molecule has 100 valence electrons. The maximum Gasteiger partial charge on any atom is 0.122 e. The SMILES string of the molecule is Cc1ccc(C#CCNc2ccc(C(=N)N)cc2)cc1. The molecule has 0 radical (unpaired) electrons. The highest BCUT2D eigenvalue weighted by Gasteiger charge is 1.95. The summed E-state index contributed by atoms with van der Waals surface area (Å²) in [4.78, 5) is 0. The molecule has 0 aromatic heterocycles. The molecule has 0 aliphatic heterocycles. The second-order valence-electron chi connectivity index (χ2n) is 4.51. The first-order valence-corrected chi connectivity index (χ1v) is 6.39. The minimum absolute atomic E-state index is 0.0794. The lowest BCUT2D eigenvalue weighted by atomic mass is 10.1. The Balaban J connectivity index is 1.90. The molecule has 3 nitrogen and oxygen atoms in total. The second kappa shape index (κ2) is 6.44. The van der Waals surface area contributed by atoms with Crippen molar-refractivity contribution >= 4 is 11.5 Å². The predicted molar refractivity (Wildman–Crippen MR) is 84.0 cm³/mol. The molecule has 0 aliphatic carbocycles. The van der Waals surface area contributed by atoms with Crippen molar-refractivity contribution in [1.82, 2.24) is 0 Å². The van der Waals surface area contributed by atoms with Crippen molar-refractivity contribution in [3.63, 3.8) is 0 Å². The first-order chi connectivity index (χ1) is 9.65. The minimum atomic E-state index is 0.0794. The molecule has 0 amide bonds. The number of nitrogens with one attached hydrogen (secondary N) is 2. The van der Waals surface area contributed by atoms with Gasteiger partial charge in [0.2, 0.25) is 0 Å². The fourth-order valence-corrected chi connectivity index (χ4v) is 1.70. The molecule has 2 rings (SSSR count). The second-order valence-corrected chi connectivity index (χ2v) is 4.51. The van der Waals surface area contributed by atoms with Crippen LogP contribution in [0.25, 0.3) is 0 Å². The molecule has 0 unspecified atom stereocenters. The molecule has 0 aliphatic rings. The van der Waals surface area contributed by atoms with Gasteiger partial charge in [-0.2, -0.15) is 0 Å². The lowest BCUT2D eigenvalue weighted by Gasteiger charge is -2.03. The summed E-state index contributed by atoms with van der Waals surface area (Å²) in [7, 11) is 0. The van der Waals surface area contributed by atoms with Crippen LogP contribution >= 0.6 is 0 Å². The Morgan fingerprint density at radius 3 is 2.35 bits per heavy atom. The lowest BCUT2D eigenvalue weighted by molar-refractivity contribution is 1.37. The van der Waals surface area contributed by atoms with Gasteiger partial charge in [0.1, 0.15) is 5.84 Å². The number of nitrogen functional groups attached to an aromatic ring is 1. The Kier molecular flexibility index (Phi) is 4.41. The monoisotopic (exact) mass is 263 g/mol. The van der Waals surface area contributed by atoms with E-state index in [0.717, 1.165) is 16.8 Å². The van der Waals surface area contributed by atoms with Crippen molar-refractivity contribution in [1.29, 1.82) is 5.41 Å². The van der Waals surface area contributed by atoms with Gasteiger partial charge in [-0.25, -0.2) is 0 Å². The summed E-state index contributed by atoms with van der Waals surface area (Å²) in [6.45, 7) is 2.64. The van der Waals surface area contributed by atoms with E-state index in [1.165, 1.54) is 5.56 Å². The molecule has 3 heteroatoms. The smallest absolute Gasteiger partial charge is 0.122 e. The van der Waals surface area contributed by atoms with Gasteiger partial charge < -0.3 is 11.1 Å². The van der Waals surface area contributed by atoms with Crippen LogP contribution in [0.5, 0.6) is 0 Å². The first kappa shape index (κ1) is 13.7. The third-order valence-corrected chi connectivity index (χ3v) is 2.86. The van der Waals surface area contributed by atoms with Gasteiger partial charge in [0.05, 0.1) is 6.54 Å². The normalized spacial score (nSPS) is 9.45. The van der Waals surface area contributed by atoms with E-state index >= 15 is 0 Å². The van der Waals surface area contributed by atoms with E-state index in [4.69, 9.17) is 11.1 Å². The number of hydrogen-bond donors (Lipinski definition) is 3.